The van der Waals surface area contributed by atoms with Crippen molar-refractivity contribution in [1.29, 1.82) is 0 Å². The van der Waals surface area contributed by atoms with Crippen molar-refractivity contribution in [3.8, 4) is 16.9 Å². The lowest BCUT2D eigenvalue weighted by atomic mass is 9.58. The zero-order valence-electron chi connectivity index (χ0n) is 36.7. The molecule has 9 atom stereocenters. The van der Waals surface area contributed by atoms with E-state index in [9.17, 15) is 20.2 Å². The first kappa shape index (κ1) is 45.4. The lowest BCUT2D eigenvalue weighted by molar-refractivity contribution is -0.174. The van der Waals surface area contributed by atoms with E-state index in [1.165, 1.54) is 0 Å². The smallest absolute Gasteiger partial charge is 0.251 e. The summed E-state index contributed by atoms with van der Waals surface area (Å²) in [6.45, 7) is 13.7. The third-order valence-corrected chi connectivity index (χ3v) is 13.1. The minimum atomic E-state index is -0.942. The Morgan fingerprint density at radius 3 is 2.49 bits per heavy atom. The number of hydrogen-bond donors (Lipinski definition) is 3. The molecule has 14 heteroatoms. The molecule has 14 nitrogen and oxygen atoms in total. The van der Waals surface area contributed by atoms with Crippen molar-refractivity contribution in [2.45, 2.75) is 91.3 Å². The van der Waals surface area contributed by atoms with Gasteiger partial charge in [0.25, 0.3) is 5.91 Å². The Kier molecular flexibility index (Phi) is 15.0. The second kappa shape index (κ2) is 19.6. The number of azide groups is 1. The molecule has 1 aliphatic heterocycles. The molecule has 2 amide bonds. The number of likely N-dealkylation sites (N-methyl/N-ethyl adjacent to an activating group) is 1. The molecule has 0 unspecified atom stereocenters. The highest BCUT2D eigenvalue weighted by Crippen LogP contribution is 2.48. The summed E-state index contributed by atoms with van der Waals surface area (Å²) in [5.74, 6) is 0.413. The molecule has 2 fully saturated rings. The van der Waals surface area contributed by atoms with Gasteiger partial charge in [-0.3, -0.25) is 19.4 Å². The number of nitrogens with zero attached hydrogens (tertiary/aromatic N) is 7. The van der Waals surface area contributed by atoms with E-state index in [1.54, 1.807) is 25.3 Å². The Balaban J connectivity index is 1.48. The van der Waals surface area contributed by atoms with Crippen LogP contribution in [0.2, 0.25) is 0 Å². The molecule has 320 valence electrons. The fourth-order valence-electron chi connectivity index (χ4n) is 8.97. The molecule has 1 aliphatic carbocycles. The van der Waals surface area contributed by atoms with E-state index in [-0.39, 0.29) is 48.3 Å². The van der Waals surface area contributed by atoms with Crippen LogP contribution in [0.15, 0.2) is 65.9 Å². The monoisotopic (exact) mass is 812 g/mol. The number of nitrogens with one attached hydrogen (secondary N) is 2. The second-order valence-corrected chi connectivity index (χ2v) is 17.7. The van der Waals surface area contributed by atoms with Gasteiger partial charge in [0.2, 0.25) is 5.91 Å². The summed E-state index contributed by atoms with van der Waals surface area (Å²) in [7, 11) is 9.42. The van der Waals surface area contributed by atoms with Gasteiger partial charge in [-0.15, -0.1) is 0 Å². The van der Waals surface area contributed by atoms with E-state index in [2.05, 4.69) is 60.3 Å². The molecule has 5 rings (SSSR count). The molecule has 59 heavy (non-hydrogen) atoms. The van der Waals surface area contributed by atoms with Crippen LogP contribution >= 0.6 is 0 Å². The van der Waals surface area contributed by atoms with Gasteiger partial charge in [0.05, 0.1) is 32.4 Å². The molecule has 2 heterocycles. The quantitative estimate of drug-likeness (QED) is 0.0850. The topological polar surface area (TPSA) is 168 Å². The van der Waals surface area contributed by atoms with E-state index < -0.39 is 24.2 Å². The van der Waals surface area contributed by atoms with E-state index in [0.717, 1.165) is 34.5 Å². The number of carbonyl (C=O) groups is 2. The number of amides is 2. The van der Waals surface area contributed by atoms with Crippen LogP contribution in [-0.2, 0) is 22.6 Å². The fraction of sp³-hybridized carbons (Fsp3) is 0.578. The standard InChI is InChI=1S/C45H65N9O5/c1-27-19-38(28(2)29(3)45(27,5)6)50-44(57)41-40(30(4)55)39(24-48-51-46)59-54(41)25-31-15-14-17-37(42(31)58-11)32-20-33(22-36(21-32)53(9)10)43(56)49-35(26-52(7)8)23-34-16-12-13-18-47-34/h12-18,20-22,27-30,35,38-41,55H,19,23-26H2,1-11H3,(H,49,56)(H,50,57)/t27-,28+,29+,30+,35+,38+,39+,40-,41+/m1/s1. The summed E-state index contributed by atoms with van der Waals surface area (Å²) in [4.78, 5) is 46.5. The fourth-order valence-corrected chi connectivity index (χ4v) is 8.97. The van der Waals surface area contributed by atoms with Crippen molar-refractivity contribution in [2.24, 2.45) is 34.2 Å². The van der Waals surface area contributed by atoms with Crippen molar-refractivity contribution >= 4 is 17.5 Å². The van der Waals surface area contributed by atoms with Crippen molar-refractivity contribution < 1.29 is 24.3 Å². The number of hydrogen-bond acceptors (Lipinski definition) is 10. The molecule has 2 aromatic carbocycles. The summed E-state index contributed by atoms with van der Waals surface area (Å²) in [6.07, 6.45) is 1.50. The molecule has 1 saturated heterocycles. The molecule has 3 N–H and O–H groups in total. The number of pyridine rings is 1. The van der Waals surface area contributed by atoms with Crippen LogP contribution in [0.5, 0.6) is 5.75 Å². The van der Waals surface area contributed by atoms with Gasteiger partial charge in [-0.25, -0.2) is 0 Å². The first-order chi connectivity index (χ1) is 28.0. The van der Waals surface area contributed by atoms with E-state index in [4.69, 9.17) is 9.57 Å². The molecule has 1 aromatic heterocycles. The predicted molar refractivity (Wildman–Crippen MR) is 232 cm³/mol. The number of benzene rings is 2. The molecule has 2 aliphatic rings. The number of rotatable bonds is 16. The maximum absolute atomic E-state index is 14.5. The largest absolute Gasteiger partial charge is 0.496 e. The van der Waals surface area contributed by atoms with E-state index in [1.807, 2.05) is 92.6 Å². The van der Waals surface area contributed by atoms with Gasteiger partial charge in [-0.1, -0.05) is 64.0 Å². The number of aliphatic hydroxyl groups excluding tert-OH is 1. The van der Waals surface area contributed by atoms with Crippen LogP contribution in [0, 0.1) is 29.1 Å². The van der Waals surface area contributed by atoms with Crippen LogP contribution in [0.3, 0.4) is 0 Å². The number of hydroxylamine groups is 2. The van der Waals surface area contributed by atoms with Crippen molar-refractivity contribution in [3.05, 3.63) is 88.1 Å². The molecule has 1 saturated carbocycles. The van der Waals surface area contributed by atoms with Gasteiger partial charge in [-0.2, -0.15) is 5.06 Å². The number of ether oxygens (including phenoxy) is 1. The third-order valence-electron chi connectivity index (χ3n) is 13.1. The summed E-state index contributed by atoms with van der Waals surface area (Å²) >= 11 is 0. The summed E-state index contributed by atoms with van der Waals surface area (Å²) < 4.78 is 6.13. The number of carbonyl (C=O) groups excluding carboxylic acids is 2. The minimum absolute atomic E-state index is 0.0506. The first-order valence-corrected chi connectivity index (χ1v) is 20.7. The zero-order valence-corrected chi connectivity index (χ0v) is 36.7. The van der Waals surface area contributed by atoms with Crippen molar-refractivity contribution in [1.82, 2.24) is 25.6 Å². The highest BCUT2D eigenvalue weighted by Gasteiger charge is 2.51. The number of methoxy groups -OCH3 is 1. The Bertz CT molecular complexity index is 1950. The predicted octanol–water partition coefficient (Wildman–Crippen LogP) is 6.34. The number of aliphatic hydroxyl groups is 1. The van der Waals surface area contributed by atoms with Gasteiger partial charge in [0.15, 0.2) is 0 Å². The Hall–Kier alpha value is -4.72. The number of anilines is 1. The van der Waals surface area contributed by atoms with Gasteiger partial charge in [0.1, 0.15) is 11.8 Å². The molecule has 0 radical (unpaired) electrons. The van der Waals surface area contributed by atoms with E-state index in [0.29, 0.717) is 36.1 Å². The lowest BCUT2D eigenvalue weighted by Crippen LogP contribution is -2.56. The van der Waals surface area contributed by atoms with Crippen molar-refractivity contribution in [3.63, 3.8) is 0 Å². The van der Waals surface area contributed by atoms with E-state index >= 15 is 0 Å². The Morgan fingerprint density at radius 1 is 1.12 bits per heavy atom. The number of para-hydroxylation sites is 1. The lowest BCUT2D eigenvalue weighted by Gasteiger charge is -2.50. The molecule has 0 bridgehead atoms. The van der Waals surface area contributed by atoms with Gasteiger partial charge < -0.3 is 30.3 Å². The van der Waals surface area contributed by atoms with Crippen LogP contribution in [0.4, 0.5) is 5.69 Å². The molecule has 0 spiro atoms. The number of aromatic nitrogens is 1. The highest BCUT2D eigenvalue weighted by atomic mass is 16.7. The normalized spacial score (nSPS) is 25.1. The van der Waals surface area contributed by atoms with Crippen LogP contribution < -0.4 is 20.3 Å². The molecular weight excluding hydrogens is 747 g/mol. The van der Waals surface area contributed by atoms with Gasteiger partial charge >= 0.3 is 0 Å². The molecular formula is C45H65N9O5. The zero-order chi connectivity index (χ0) is 43.2. The maximum Gasteiger partial charge on any atom is 0.251 e. The average Bonchev–Trinajstić information content (AvgIpc) is 3.56. The third kappa shape index (κ3) is 10.5. The Morgan fingerprint density at radius 2 is 1.86 bits per heavy atom. The van der Waals surface area contributed by atoms with Gasteiger partial charge in [0, 0.05) is 84.2 Å². The van der Waals surface area contributed by atoms with Crippen LogP contribution in [-0.4, -0.2) is 111 Å². The Labute approximate surface area is 350 Å². The SMILES string of the molecule is COc1c(CN2O[C@@H](CN=[N+]=[N-])[C@@H]([C@H](C)O)[C@H]2C(=O)N[C@H]2C[C@@H](C)C(C)(C)[C@@H](C)[C@@H]2C)cccc1-c1cc(C(=O)N[C@@H](Cc2ccccn2)CN(C)C)cc(N(C)C)c1. The van der Waals surface area contributed by atoms with Crippen LogP contribution in [0.1, 0.15) is 69.6 Å². The average molecular weight is 812 g/mol. The molecule has 3 aromatic rings. The maximum atomic E-state index is 14.5. The summed E-state index contributed by atoms with van der Waals surface area (Å²) in [5, 5.41) is 23.2. The minimum Gasteiger partial charge on any atom is -0.496 e. The van der Waals surface area contributed by atoms with Crippen LogP contribution in [0.25, 0.3) is 21.6 Å². The summed E-state index contributed by atoms with van der Waals surface area (Å²) in [5.41, 5.74) is 13.8. The summed E-state index contributed by atoms with van der Waals surface area (Å²) in [6, 6.07) is 16.2. The van der Waals surface area contributed by atoms with Crippen molar-refractivity contribution in [2.75, 3.05) is 53.3 Å². The second-order valence-electron chi connectivity index (χ2n) is 17.7. The first-order valence-electron chi connectivity index (χ1n) is 20.7. The highest BCUT2D eigenvalue weighted by molar-refractivity contribution is 5.97. The van der Waals surface area contributed by atoms with Gasteiger partial charge in [-0.05, 0) is 92.0 Å².